The third-order valence-corrected chi connectivity index (χ3v) is 3.30. The minimum absolute atomic E-state index is 0.0241. The van der Waals surface area contributed by atoms with Crippen molar-refractivity contribution in [2.75, 3.05) is 17.2 Å². The molecule has 1 amide bonds. The molecule has 0 aliphatic heterocycles. The molecule has 2 aromatic carbocycles. The maximum atomic E-state index is 13.7. The number of benzene rings is 2. The number of aryl methyl sites for hydroxylation is 1. The molecule has 0 unspecified atom stereocenters. The summed E-state index contributed by atoms with van der Waals surface area (Å²) in [5.74, 6) is -0.803. The Bertz CT molecular complexity index is 646. The standard InChI is InChI=1S/C16H16ClFN2O/c1-2-11-5-3-6-12(9-11)20-15(21)10-19-14-8-4-7-13(17)16(14)18/h3-9,19H,2,10H2,1H3,(H,20,21). The van der Waals surface area contributed by atoms with Crippen LogP contribution in [0, 0.1) is 5.82 Å². The van der Waals surface area contributed by atoms with Crippen LogP contribution in [0.1, 0.15) is 12.5 Å². The third-order valence-electron chi connectivity index (χ3n) is 3.01. The highest BCUT2D eigenvalue weighted by atomic mass is 35.5. The Balaban J connectivity index is 1.94. The van der Waals surface area contributed by atoms with E-state index in [1.807, 2.05) is 31.2 Å². The van der Waals surface area contributed by atoms with Crippen LogP contribution in [0.3, 0.4) is 0 Å². The van der Waals surface area contributed by atoms with Gasteiger partial charge in [-0.25, -0.2) is 4.39 Å². The number of nitrogens with one attached hydrogen (secondary N) is 2. The molecule has 0 spiro atoms. The van der Waals surface area contributed by atoms with Gasteiger partial charge in [0, 0.05) is 5.69 Å². The molecule has 2 rings (SSSR count). The van der Waals surface area contributed by atoms with E-state index >= 15 is 0 Å². The molecular weight excluding hydrogens is 291 g/mol. The molecule has 110 valence electrons. The first-order valence-electron chi connectivity index (χ1n) is 6.67. The van der Waals surface area contributed by atoms with Gasteiger partial charge in [0.1, 0.15) is 0 Å². The maximum absolute atomic E-state index is 13.7. The number of hydrogen-bond donors (Lipinski definition) is 2. The van der Waals surface area contributed by atoms with Gasteiger partial charge in [-0.05, 0) is 36.2 Å². The number of amides is 1. The fourth-order valence-corrected chi connectivity index (χ4v) is 2.06. The minimum Gasteiger partial charge on any atom is -0.374 e. The molecule has 5 heteroatoms. The number of hydrogen-bond acceptors (Lipinski definition) is 2. The number of anilines is 2. The van der Waals surface area contributed by atoms with Crippen molar-refractivity contribution in [3.63, 3.8) is 0 Å². The molecule has 0 saturated carbocycles. The summed E-state index contributed by atoms with van der Waals surface area (Å²) in [5.41, 5.74) is 2.08. The average Bonchev–Trinajstić information content (AvgIpc) is 2.49. The molecule has 0 bridgehead atoms. The summed E-state index contributed by atoms with van der Waals surface area (Å²) in [6, 6.07) is 12.2. The molecule has 21 heavy (non-hydrogen) atoms. The molecule has 0 saturated heterocycles. The van der Waals surface area contributed by atoms with Gasteiger partial charge in [-0.15, -0.1) is 0 Å². The van der Waals surface area contributed by atoms with Crippen LogP contribution >= 0.6 is 11.6 Å². The van der Waals surface area contributed by atoms with Gasteiger partial charge in [0.25, 0.3) is 0 Å². The first-order chi connectivity index (χ1) is 10.1. The average molecular weight is 307 g/mol. The predicted molar refractivity (Wildman–Crippen MR) is 84.3 cm³/mol. The van der Waals surface area contributed by atoms with E-state index in [4.69, 9.17) is 11.6 Å². The molecule has 0 aliphatic rings. The van der Waals surface area contributed by atoms with Crippen molar-refractivity contribution in [2.24, 2.45) is 0 Å². The van der Waals surface area contributed by atoms with Crippen molar-refractivity contribution in [1.29, 1.82) is 0 Å². The fraction of sp³-hybridized carbons (Fsp3) is 0.188. The van der Waals surface area contributed by atoms with Gasteiger partial charge >= 0.3 is 0 Å². The van der Waals surface area contributed by atoms with Crippen LogP contribution in [0.5, 0.6) is 0 Å². The number of rotatable bonds is 5. The lowest BCUT2D eigenvalue weighted by Gasteiger charge is -2.10. The molecule has 2 aromatic rings. The first-order valence-corrected chi connectivity index (χ1v) is 7.04. The van der Waals surface area contributed by atoms with E-state index in [0.717, 1.165) is 17.7 Å². The second-order valence-corrected chi connectivity index (χ2v) is 4.96. The summed E-state index contributed by atoms with van der Waals surface area (Å²) in [4.78, 5) is 11.9. The van der Waals surface area contributed by atoms with E-state index in [2.05, 4.69) is 10.6 Å². The molecule has 0 aliphatic carbocycles. The van der Waals surface area contributed by atoms with Crippen LogP contribution in [0.4, 0.5) is 15.8 Å². The molecule has 2 N–H and O–H groups in total. The van der Waals surface area contributed by atoms with Gasteiger partial charge in [-0.2, -0.15) is 0 Å². The monoisotopic (exact) mass is 306 g/mol. The van der Waals surface area contributed by atoms with Gasteiger partial charge in [0.15, 0.2) is 5.82 Å². The Kier molecular flexibility index (Phi) is 5.17. The van der Waals surface area contributed by atoms with E-state index in [9.17, 15) is 9.18 Å². The van der Waals surface area contributed by atoms with Crippen molar-refractivity contribution in [3.05, 3.63) is 58.9 Å². The molecular formula is C16H16ClFN2O. The van der Waals surface area contributed by atoms with Gasteiger partial charge in [-0.3, -0.25) is 4.79 Å². The van der Waals surface area contributed by atoms with Crippen LogP contribution in [0.2, 0.25) is 5.02 Å². The number of carbonyl (C=O) groups excluding carboxylic acids is 1. The van der Waals surface area contributed by atoms with Gasteiger partial charge in [0.05, 0.1) is 17.3 Å². The van der Waals surface area contributed by atoms with E-state index in [-0.39, 0.29) is 23.2 Å². The molecule has 0 heterocycles. The van der Waals surface area contributed by atoms with E-state index in [1.165, 1.54) is 12.1 Å². The molecule has 0 atom stereocenters. The van der Waals surface area contributed by atoms with Crippen LogP contribution in [0.25, 0.3) is 0 Å². The molecule has 0 radical (unpaired) electrons. The van der Waals surface area contributed by atoms with E-state index < -0.39 is 5.82 Å². The van der Waals surface area contributed by atoms with E-state index in [0.29, 0.717) is 0 Å². The molecule has 0 fully saturated rings. The summed E-state index contributed by atoms with van der Waals surface area (Å²) >= 11 is 5.68. The van der Waals surface area contributed by atoms with Crippen molar-refractivity contribution >= 4 is 28.9 Å². The number of carbonyl (C=O) groups is 1. The summed E-state index contributed by atoms with van der Waals surface area (Å²) in [5, 5.41) is 5.52. The third kappa shape index (κ3) is 4.20. The maximum Gasteiger partial charge on any atom is 0.243 e. The zero-order valence-electron chi connectivity index (χ0n) is 11.6. The minimum atomic E-state index is -0.556. The lowest BCUT2D eigenvalue weighted by Crippen LogP contribution is -2.22. The summed E-state index contributed by atoms with van der Waals surface area (Å²) in [6.45, 7) is 2.01. The van der Waals surface area contributed by atoms with E-state index in [1.54, 1.807) is 6.07 Å². The molecule has 0 aromatic heterocycles. The summed E-state index contributed by atoms with van der Waals surface area (Å²) in [7, 11) is 0. The smallest absolute Gasteiger partial charge is 0.243 e. The van der Waals surface area contributed by atoms with Crippen molar-refractivity contribution in [3.8, 4) is 0 Å². The highest BCUT2D eigenvalue weighted by Crippen LogP contribution is 2.21. The Morgan fingerprint density at radius 1 is 1.24 bits per heavy atom. The van der Waals surface area contributed by atoms with Crippen molar-refractivity contribution in [1.82, 2.24) is 0 Å². The highest BCUT2D eigenvalue weighted by Gasteiger charge is 2.08. The zero-order chi connectivity index (χ0) is 15.2. The quantitative estimate of drug-likeness (QED) is 0.873. The summed E-state index contributed by atoms with van der Waals surface area (Å²) < 4.78 is 13.7. The van der Waals surface area contributed by atoms with Gasteiger partial charge in [-0.1, -0.05) is 36.7 Å². The number of halogens is 2. The SMILES string of the molecule is CCc1cccc(NC(=O)CNc2cccc(Cl)c2F)c1. The highest BCUT2D eigenvalue weighted by molar-refractivity contribution is 6.31. The Morgan fingerprint density at radius 3 is 2.76 bits per heavy atom. The van der Waals surface area contributed by atoms with Crippen LogP contribution in [-0.4, -0.2) is 12.5 Å². The van der Waals surface area contributed by atoms with Crippen LogP contribution in [0.15, 0.2) is 42.5 Å². The fourth-order valence-electron chi connectivity index (χ4n) is 1.89. The lowest BCUT2D eigenvalue weighted by molar-refractivity contribution is -0.114. The largest absolute Gasteiger partial charge is 0.374 e. The van der Waals surface area contributed by atoms with Crippen molar-refractivity contribution in [2.45, 2.75) is 13.3 Å². The predicted octanol–water partition coefficient (Wildman–Crippen LogP) is 4.09. The second kappa shape index (κ2) is 7.09. The van der Waals surface area contributed by atoms with Gasteiger partial charge in [0.2, 0.25) is 5.91 Å². The topological polar surface area (TPSA) is 41.1 Å². The Hall–Kier alpha value is -2.07. The van der Waals surface area contributed by atoms with Crippen LogP contribution in [-0.2, 0) is 11.2 Å². The second-order valence-electron chi connectivity index (χ2n) is 4.56. The Morgan fingerprint density at radius 2 is 2.00 bits per heavy atom. The van der Waals surface area contributed by atoms with Gasteiger partial charge < -0.3 is 10.6 Å². The molecule has 3 nitrogen and oxygen atoms in total. The van der Waals surface area contributed by atoms with Crippen molar-refractivity contribution < 1.29 is 9.18 Å². The van der Waals surface area contributed by atoms with Crippen LogP contribution < -0.4 is 10.6 Å². The zero-order valence-corrected chi connectivity index (χ0v) is 12.4. The normalized spacial score (nSPS) is 10.2. The summed E-state index contributed by atoms with van der Waals surface area (Å²) in [6.07, 6.45) is 0.898. The lowest BCUT2D eigenvalue weighted by atomic mass is 10.1. The first kappa shape index (κ1) is 15.3. The Labute approximate surface area is 128 Å².